The largest absolute Gasteiger partial charge is 0.399 e. The molecular formula is C13H14N4O2. The van der Waals surface area contributed by atoms with Gasteiger partial charge in [0.1, 0.15) is 12.1 Å². The molecule has 0 aromatic heterocycles. The molecule has 0 saturated carbocycles. The van der Waals surface area contributed by atoms with Gasteiger partial charge in [0.15, 0.2) is 0 Å². The lowest BCUT2D eigenvalue weighted by Gasteiger charge is -2.29. The lowest BCUT2D eigenvalue weighted by atomic mass is 10.0. The Kier molecular flexibility index (Phi) is 3.38. The molecule has 6 nitrogen and oxygen atoms in total. The van der Waals surface area contributed by atoms with E-state index in [-0.39, 0.29) is 11.8 Å². The number of benzene rings is 1. The van der Waals surface area contributed by atoms with E-state index in [1.165, 1.54) is 7.05 Å². The number of nitrogens with one attached hydrogen (secondary N) is 1. The highest BCUT2D eigenvalue weighted by Crippen LogP contribution is 2.22. The third kappa shape index (κ3) is 2.50. The van der Waals surface area contributed by atoms with Crippen molar-refractivity contribution in [3.63, 3.8) is 0 Å². The molecule has 0 bridgehead atoms. The number of carbonyl (C=O) groups excluding carboxylic acids is 2. The molecule has 0 spiro atoms. The van der Waals surface area contributed by atoms with Crippen LogP contribution in [0.3, 0.4) is 0 Å². The molecule has 1 fully saturated rings. The molecule has 98 valence electrons. The quantitative estimate of drug-likeness (QED) is 0.601. The second kappa shape index (κ2) is 4.98. The highest BCUT2D eigenvalue weighted by molar-refractivity contribution is 6.01. The fraction of sp³-hybridized carbons (Fsp3) is 0.308. The maximum absolute atomic E-state index is 11.9. The van der Waals surface area contributed by atoms with Gasteiger partial charge in [-0.15, -0.1) is 0 Å². The summed E-state index contributed by atoms with van der Waals surface area (Å²) in [4.78, 5) is 24.4. The number of nitrogens with two attached hydrogens (primary N) is 1. The first-order valence-electron chi connectivity index (χ1n) is 5.89. The number of anilines is 2. The third-order valence-corrected chi connectivity index (χ3v) is 3.14. The van der Waals surface area contributed by atoms with Crippen LogP contribution in [0.2, 0.25) is 0 Å². The van der Waals surface area contributed by atoms with E-state index in [1.54, 1.807) is 18.2 Å². The molecule has 0 aliphatic carbocycles. The predicted octanol–water partition coefficient (Wildman–Crippen LogP) is 0.700. The van der Waals surface area contributed by atoms with Crippen LogP contribution in [0.25, 0.3) is 0 Å². The second-order valence-corrected chi connectivity index (χ2v) is 4.44. The van der Waals surface area contributed by atoms with Gasteiger partial charge >= 0.3 is 0 Å². The first-order chi connectivity index (χ1) is 9.02. The minimum absolute atomic E-state index is 0.180. The summed E-state index contributed by atoms with van der Waals surface area (Å²) >= 11 is 0. The van der Waals surface area contributed by atoms with Crippen LogP contribution in [0, 0.1) is 11.3 Å². The molecule has 3 N–H and O–H groups in total. The van der Waals surface area contributed by atoms with Gasteiger partial charge in [0.25, 0.3) is 5.91 Å². The number of nitriles is 1. The number of hydrogen-bond donors (Lipinski definition) is 2. The van der Waals surface area contributed by atoms with Crippen LogP contribution in [-0.4, -0.2) is 29.8 Å². The van der Waals surface area contributed by atoms with Crippen molar-refractivity contribution in [3.8, 4) is 6.07 Å². The summed E-state index contributed by atoms with van der Waals surface area (Å²) in [6, 6.07) is 6.41. The van der Waals surface area contributed by atoms with E-state index >= 15 is 0 Å². The zero-order chi connectivity index (χ0) is 14.0. The lowest BCUT2D eigenvalue weighted by Crippen LogP contribution is -2.48. The van der Waals surface area contributed by atoms with Crippen molar-refractivity contribution in [1.29, 1.82) is 5.26 Å². The average Bonchev–Trinajstić information content (AvgIpc) is 2.41. The number of likely N-dealkylation sites (N-methyl/N-ethyl adjacent to an activating group) is 1. The van der Waals surface area contributed by atoms with Crippen LogP contribution in [0.4, 0.5) is 11.4 Å². The van der Waals surface area contributed by atoms with E-state index in [0.717, 1.165) is 4.90 Å². The summed E-state index contributed by atoms with van der Waals surface area (Å²) < 4.78 is 0. The number of imide groups is 1. The molecule has 1 saturated heterocycles. The number of amides is 2. The Bertz CT molecular complexity index is 576. The van der Waals surface area contributed by atoms with E-state index in [4.69, 9.17) is 11.0 Å². The smallest absolute Gasteiger partial charge is 0.251 e. The van der Waals surface area contributed by atoms with Gasteiger partial charge in [-0.05, 0) is 24.6 Å². The summed E-state index contributed by atoms with van der Waals surface area (Å²) in [5, 5.41) is 12.0. The number of rotatable bonds is 2. The highest BCUT2D eigenvalue weighted by Gasteiger charge is 2.31. The number of hydrogen-bond acceptors (Lipinski definition) is 5. The summed E-state index contributed by atoms with van der Waals surface area (Å²) in [6.45, 7) is 0. The van der Waals surface area contributed by atoms with Gasteiger partial charge < -0.3 is 11.1 Å². The Hall–Kier alpha value is -2.55. The van der Waals surface area contributed by atoms with Gasteiger partial charge in [-0.2, -0.15) is 5.26 Å². The molecule has 1 aliphatic heterocycles. The van der Waals surface area contributed by atoms with E-state index in [0.29, 0.717) is 29.8 Å². The molecular weight excluding hydrogens is 244 g/mol. The van der Waals surface area contributed by atoms with Crippen LogP contribution in [0.15, 0.2) is 18.2 Å². The average molecular weight is 258 g/mol. The maximum atomic E-state index is 11.9. The molecule has 1 unspecified atom stereocenters. The molecule has 2 amide bonds. The Balaban J connectivity index is 2.20. The van der Waals surface area contributed by atoms with Crippen LogP contribution in [0.5, 0.6) is 0 Å². The van der Waals surface area contributed by atoms with Gasteiger partial charge in [-0.25, -0.2) is 0 Å². The first kappa shape index (κ1) is 12.9. The fourth-order valence-electron chi connectivity index (χ4n) is 2.02. The van der Waals surface area contributed by atoms with Crippen molar-refractivity contribution in [2.75, 3.05) is 18.1 Å². The molecule has 1 atom stereocenters. The SMILES string of the molecule is CN1C(=O)CCC(Nc2ccc(N)cc2C#N)C1=O. The summed E-state index contributed by atoms with van der Waals surface area (Å²) in [6.07, 6.45) is 0.744. The number of piperidine rings is 1. The zero-order valence-corrected chi connectivity index (χ0v) is 10.5. The van der Waals surface area contributed by atoms with Gasteiger partial charge in [0.2, 0.25) is 5.91 Å². The standard InChI is InChI=1S/C13H14N4O2/c1-17-12(18)5-4-11(13(17)19)16-10-3-2-9(15)6-8(10)7-14/h2-3,6,11,16H,4-5,15H2,1H3. The lowest BCUT2D eigenvalue weighted by molar-refractivity contribution is -0.146. The van der Waals surface area contributed by atoms with E-state index < -0.39 is 6.04 Å². The van der Waals surface area contributed by atoms with Crippen LogP contribution < -0.4 is 11.1 Å². The summed E-state index contributed by atoms with van der Waals surface area (Å²) in [7, 11) is 1.46. The van der Waals surface area contributed by atoms with Crippen molar-refractivity contribution in [1.82, 2.24) is 4.90 Å². The predicted molar refractivity (Wildman–Crippen MR) is 70.0 cm³/mol. The Labute approximate surface area is 110 Å². The highest BCUT2D eigenvalue weighted by atomic mass is 16.2. The van der Waals surface area contributed by atoms with Crippen molar-refractivity contribution < 1.29 is 9.59 Å². The van der Waals surface area contributed by atoms with Crippen molar-refractivity contribution >= 4 is 23.2 Å². The molecule has 1 aromatic rings. The van der Waals surface area contributed by atoms with Crippen molar-refractivity contribution in [2.24, 2.45) is 0 Å². The molecule has 1 aromatic carbocycles. The normalized spacial score (nSPS) is 19.2. The topological polar surface area (TPSA) is 99.2 Å². The van der Waals surface area contributed by atoms with Crippen LogP contribution in [0.1, 0.15) is 18.4 Å². The monoisotopic (exact) mass is 258 g/mol. The van der Waals surface area contributed by atoms with Gasteiger partial charge in [-0.1, -0.05) is 0 Å². The summed E-state index contributed by atoms with van der Waals surface area (Å²) in [5.41, 5.74) is 7.03. The molecule has 1 aliphatic rings. The fourth-order valence-corrected chi connectivity index (χ4v) is 2.02. The van der Waals surface area contributed by atoms with E-state index in [9.17, 15) is 9.59 Å². The first-order valence-corrected chi connectivity index (χ1v) is 5.89. The number of nitrogens with zero attached hydrogens (tertiary/aromatic N) is 2. The van der Waals surface area contributed by atoms with E-state index in [1.807, 2.05) is 6.07 Å². The minimum Gasteiger partial charge on any atom is -0.399 e. The molecule has 2 rings (SSSR count). The second-order valence-electron chi connectivity index (χ2n) is 4.44. The van der Waals surface area contributed by atoms with Gasteiger partial charge in [0, 0.05) is 19.2 Å². The number of nitrogen functional groups attached to an aromatic ring is 1. The summed E-state index contributed by atoms with van der Waals surface area (Å²) in [5.74, 6) is -0.460. The van der Waals surface area contributed by atoms with Crippen molar-refractivity contribution in [3.05, 3.63) is 23.8 Å². The van der Waals surface area contributed by atoms with Crippen LogP contribution >= 0.6 is 0 Å². The minimum atomic E-state index is -0.488. The van der Waals surface area contributed by atoms with Gasteiger partial charge in [0.05, 0.1) is 11.3 Å². The van der Waals surface area contributed by atoms with Crippen molar-refractivity contribution in [2.45, 2.75) is 18.9 Å². The zero-order valence-electron chi connectivity index (χ0n) is 10.5. The molecule has 0 radical (unpaired) electrons. The van der Waals surface area contributed by atoms with E-state index in [2.05, 4.69) is 5.32 Å². The molecule has 1 heterocycles. The number of likely N-dealkylation sites (tertiary alicyclic amines) is 1. The maximum Gasteiger partial charge on any atom is 0.251 e. The third-order valence-electron chi connectivity index (χ3n) is 3.14. The Morgan fingerprint density at radius 2 is 2.21 bits per heavy atom. The van der Waals surface area contributed by atoms with Crippen LogP contribution in [-0.2, 0) is 9.59 Å². The Morgan fingerprint density at radius 1 is 1.47 bits per heavy atom. The Morgan fingerprint density at radius 3 is 2.89 bits per heavy atom. The number of carbonyl (C=O) groups is 2. The molecule has 6 heteroatoms. The molecule has 19 heavy (non-hydrogen) atoms. The van der Waals surface area contributed by atoms with Gasteiger partial charge in [-0.3, -0.25) is 14.5 Å².